The second-order valence-corrected chi connectivity index (χ2v) is 10.6. The van der Waals surface area contributed by atoms with Crippen LogP contribution in [-0.2, 0) is 29.1 Å². The van der Waals surface area contributed by atoms with Crippen LogP contribution in [0.5, 0.6) is 0 Å². The Labute approximate surface area is 213 Å². The minimum atomic E-state index is -3.75. The van der Waals surface area contributed by atoms with Gasteiger partial charge in [0.2, 0.25) is 0 Å². The Morgan fingerprint density at radius 2 is 1.92 bits per heavy atom. The van der Waals surface area contributed by atoms with E-state index in [0.29, 0.717) is 30.3 Å². The number of nitrogens with zero attached hydrogens (tertiary/aromatic N) is 2. The highest BCUT2D eigenvalue weighted by Crippen LogP contribution is 2.52. The lowest BCUT2D eigenvalue weighted by Gasteiger charge is -2.26. The van der Waals surface area contributed by atoms with Crippen LogP contribution in [0.1, 0.15) is 72.8 Å². The lowest BCUT2D eigenvalue weighted by molar-refractivity contribution is -0.159. The van der Waals surface area contributed by atoms with E-state index < -0.39 is 17.4 Å². The summed E-state index contributed by atoms with van der Waals surface area (Å²) in [5.74, 6) is -4.09. The normalized spacial score (nSPS) is 17.0. The summed E-state index contributed by atoms with van der Waals surface area (Å²) in [6.07, 6.45) is 2.65. The Morgan fingerprint density at radius 1 is 1.17 bits per heavy atom. The second kappa shape index (κ2) is 9.11. The van der Waals surface area contributed by atoms with Crippen LogP contribution in [0.2, 0.25) is 5.02 Å². The number of hydrogen-bond donors (Lipinski definition) is 1. The number of aryl methyl sites for hydroxylation is 1. The molecular formula is C28H28ClF2N3O2. The van der Waals surface area contributed by atoms with Gasteiger partial charge in [-0.05, 0) is 54.9 Å². The molecule has 2 aromatic carbocycles. The first-order valence-corrected chi connectivity index (χ1v) is 12.7. The molecule has 0 spiro atoms. The van der Waals surface area contributed by atoms with Crippen LogP contribution >= 0.6 is 11.6 Å². The van der Waals surface area contributed by atoms with Crippen molar-refractivity contribution in [2.24, 2.45) is 0 Å². The number of fused-ring (bicyclic) bond motifs is 1. The third kappa shape index (κ3) is 4.34. The fourth-order valence-electron chi connectivity index (χ4n) is 5.01. The topological polar surface area (TPSA) is 66.1 Å². The minimum Gasteiger partial charge on any atom is -0.333 e. The summed E-state index contributed by atoms with van der Waals surface area (Å²) in [5.41, 5.74) is 2.05. The van der Waals surface area contributed by atoms with Gasteiger partial charge < -0.3 is 9.88 Å². The van der Waals surface area contributed by atoms with E-state index in [-0.39, 0.29) is 34.6 Å². The molecule has 188 valence electrons. The predicted molar refractivity (Wildman–Crippen MR) is 134 cm³/mol. The van der Waals surface area contributed by atoms with Crippen molar-refractivity contribution in [2.75, 3.05) is 6.54 Å². The number of carbonyl (C=O) groups is 1. The Morgan fingerprint density at radius 3 is 2.61 bits per heavy atom. The molecule has 1 aliphatic carbocycles. The van der Waals surface area contributed by atoms with Crippen molar-refractivity contribution in [1.29, 1.82) is 0 Å². The highest BCUT2D eigenvalue weighted by molar-refractivity contribution is 6.30. The fourth-order valence-corrected chi connectivity index (χ4v) is 5.20. The molecule has 2 aliphatic rings. The van der Waals surface area contributed by atoms with Crippen LogP contribution in [0.15, 0.2) is 53.3 Å². The number of hydrogen-bond acceptors (Lipinski definition) is 3. The molecule has 1 amide bonds. The zero-order valence-electron chi connectivity index (χ0n) is 20.3. The molecule has 1 aromatic heterocycles. The number of benzene rings is 2. The summed E-state index contributed by atoms with van der Waals surface area (Å²) >= 11 is 5.87. The molecule has 0 atom stereocenters. The Balaban J connectivity index is 1.45. The maximum Gasteiger partial charge on any atom is 0.350 e. The van der Waals surface area contributed by atoms with E-state index in [4.69, 9.17) is 16.6 Å². The first-order chi connectivity index (χ1) is 17.1. The largest absolute Gasteiger partial charge is 0.350 e. The summed E-state index contributed by atoms with van der Waals surface area (Å²) in [6, 6.07) is 13.5. The quantitative estimate of drug-likeness (QED) is 0.478. The number of aromatic amines is 1. The number of halogens is 3. The van der Waals surface area contributed by atoms with Gasteiger partial charge in [-0.1, -0.05) is 61.8 Å². The number of rotatable bonds is 5. The van der Waals surface area contributed by atoms with Gasteiger partial charge in [0.1, 0.15) is 5.82 Å². The zero-order valence-corrected chi connectivity index (χ0v) is 21.0. The van der Waals surface area contributed by atoms with Crippen LogP contribution in [-0.4, -0.2) is 27.3 Å². The van der Waals surface area contributed by atoms with Crippen LogP contribution in [0.25, 0.3) is 0 Å². The number of alkyl halides is 2. The third-order valence-electron chi connectivity index (χ3n) is 7.34. The van der Waals surface area contributed by atoms with Crippen molar-refractivity contribution in [3.63, 3.8) is 0 Å². The predicted octanol–water partition coefficient (Wildman–Crippen LogP) is 5.69. The van der Waals surface area contributed by atoms with Crippen molar-refractivity contribution in [2.45, 2.75) is 63.3 Å². The highest BCUT2D eigenvalue weighted by Gasteiger charge is 2.49. The number of nitrogens with one attached hydrogen (secondary N) is 1. The third-order valence-corrected chi connectivity index (χ3v) is 7.58. The molecule has 0 radical (unpaired) electrons. The van der Waals surface area contributed by atoms with E-state index in [1.165, 1.54) is 23.8 Å². The van der Waals surface area contributed by atoms with Gasteiger partial charge in [-0.2, -0.15) is 8.78 Å². The van der Waals surface area contributed by atoms with Gasteiger partial charge in [-0.15, -0.1) is 0 Å². The molecule has 1 N–H and O–H groups in total. The molecule has 5 nitrogen and oxygen atoms in total. The summed E-state index contributed by atoms with van der Waals surface area (Å²) in [5, 5.41) is 0.127. The van der Waals surface area contributed by atoms with E-state index >= 15 is 8.78 Å². The SMILES string of the molecule is CC(C)c1cccc(C2(c3nc4c(c(=O)[nH]3)CN(C(=O)C(F)(F)c3cccc(Cl)c3)CCC4)CC2)c1. The standard InChI is InChI=1S/C28H28ClF2N3O2/c1-17(2)18-6-3-7-19(14-18)27(11-12-27)25-32-23-10-5-13-34(16-22(23)24(35)33-25)26(36)28(30,31)20-8-4-9-21(29)15-20/h3-4,6-9,14-15,17H,5,10-13,16H2,1-2H3,(H,32,33,35). The first-order valence-electron chi connectivity index (χ1n) is 12.3. The first kappa shape index (κ1) is 24.6. The molecule has 1 aliphatic heterocycles. The number of carbonyl (C=O) groups excluding carboxylic acids is 1. The van der Waals surface area contributed by atoms with Crippen molar-refractivity contribution >= 4 is 17.5 Å². The van der Waals surface area contributed by atoms with Gasteiger partial charge in [0.05, 0.1) is 23.2 Å². The monoisotopic (exact) mass is 511 g/mol. The summed E-state index contributed by atoms with van der Waals surface area (Å²) in [6.45, 7) is 4.19. The Kier molecular flexibility index (Phi) is 6.23. The number of aromatic nitrogens is 2. The Hall–Kier alpha value is -3.06. The lowest BCUT2D eigenvalue weighted by Crippen LogP contribution is -2.42. The molecule has 1 saturated carbocycles. The molecular weight excluding hydrogens is 484 g/mol. The number of H-pyrrole nitrogens is 1. The van der Waals surface area contributed by atoms with Gasteiger partial charge in [0, 0.05) is 17.1 Å². The maximum atomic E-state index is 15.1. The smallest absolute Gasteiger partial charge is 0.333 e. The van der Waals surface area contributed by atoms with E-state index in [1.54, 1.807) is 0 Å². The number of amides is 1. The molecule has 0 saturated heterocycles. The van der Waals surface area contributed by atoms with E-state index in [0.717, 1.165) is 29.4 Å². The molecule has 1 fully saturated rings. The molecule has 0 unspecified atom stereocenters. The Bertz CT molecular complexity index is 1380. The van der Waals surface area contributed by atoms with Crippen molar-refractivity contribution < 1.29 is 13.6 Å². The summed E-state index contributed by atoms with van der Waals surface area (Å²) in [4.78, 5) is 35.0. The van der Waals surface area contributed by atoms with Gasteiger partial charge in [0.15, 0.2) is 0 Å². The highest BCUT2D eigenvalue weighted by atomic mass is 35.5. The van der Waals surface area contributed by atoms with E-state index in [2.05, 4.69) is 37.0 Å². The molecule has 3 aromatic rings. The summed E-state index contributed by atoms with van der Waals surface area (Å²) < 4.78 is 30.2. The minimum absolute atomic E-state index is 0.113. The molecule has 2 heterocycles. The molecule has 36 heavy (non-hydrogen) atoms. The van der Waals surface area contributed by atoms with Crippen LogP contribution in [0.4, 0.5) is 8.78 Å². The van der Waals surface area contributed by atoms with E-state index in [1.807, 2.05) is 6.07 Å². The van der Waals surface area contributed by atoms with Crippen molar-refractivity contribution in [3.05, 3.63) is 97.7 Å². The zero-order chi connectivity index (χ0) is 25.7. The van der Waals surface area contributed by atoms with Crippen LogP contribution < -0.4 is 5.56 Å². The van der Waals surface area contributed by atoms with Gasteiger partial charge in [0.25, 0.3) is 11.5 Å². The lowest BCUT2D eigenvalue weighted by atomic mass is 9.90. The molecule has 8 heteroatoms. The second-order valence-electron chi connectivity index (χ2n) is 10.1. The summed E-state index contributed by atoms with van der Waals surface area (Å²) in [7, 11) is 0. The van der Waals surface area contributed by atoms with Crippen LogP contribution in [0.3, 0.4) is 0 Å². The van der Waals surface area contributed by atoms with E-state index in [9.17, 15) is 9.59 Å². The van der Waals surface area contributed by atoms with Gasteiger partial charge >= 0.3 is 5.92 Å². The maximum absolute atomic E-state index is 15.1. The van der Waals surface area contributed by atoms with Crippen molar-refractivity contribution in [1.82, 2.24) is 14.9 Å². The fraction of sp³-hybridized carbons (Fsp3) is 0.393. The average Bonchev–Trinajstić information content (AvgIpc) is 3.68. The van der Waals surface area contributed by atoms with Gasteiger partial charge in [-0.3, -0.25) is 9.59 Å². The van der Waals surface area contributed by atoms with Gasteiger partial charge in [-0.25, -0.2) is 4.98 Å². The van der Waals surface area contributed by atoms with Crippen molar-refractivity contribution in [3.8, 4) is 0 Å². The molecule has 5 rings (SSSR count). The average molecular weight is 512 g/mol. The van der Waals surface area contributed by atoms with Crippen LogP contribution in [0, 0.1) is 0 Å². The molecule has 0 bridgehead atoms.